The van der Waals surface area contributed by atoms with Gasteiger partial charge in [0.05, 0.1) is 33.4 Å². The van der Waals surface area contributed by atoms with E-state index in [0.29, 0.717) is 6.61 Å². The first-order chi connectivity index (χ1) is 14.3. The smallest absolute Gasteiger partial charge is 0.788 e. The van der Waals surface area contributed by atoms with Crippen LogP contribution in [0.3, 0.4) is 0 Å². The summed E-state index contributed by atoms with van der Waals surface area (Å²) in [5.74, 6) is 0. The zero-order valence-corrected chi connectivity index (χ0v) is 20.6. The third-order valence-corrected chi connectivity index (χ3v) is 5.50. The fourth-order valence-electron chi connectivity index (χ4n) is 3.24. The monoisotopic (exact) mass is 459 g/mol. The third kappa shape index (κ3) is 8.35. The van der Waals surface area contributed by atoms with Crippen LogP contribution in [0, 0.1) is 0 Å². The summed E-state index contributed by atoms with van der Waals surface area (Å²) in [4.78, 5) is 11.8. The van der Waals surface area contributed by atoms with Gasteiger partial charge in [0.15, 0.2) is 6.29 Å². The summed E-state index contributed by atoms with van der Waals surface area (Å²) in [7, 11) is -3.97. The van der Waals surface area contributed by atoms with E-state index in [1.54, 1.807) is 0 Å². The van der Waals surface area contributed by atoms with Crippen molar-refractivity contribution < 1.29 is 63.4 Å². The minimum Gasteiger partial charge on any atom is -0.788 e. The minimum absolute atomic E-state index is 0. The van der Waals surface area contributed by atoms with Gasteiger partial charge in [-0.3, -0.25) is 5.09 Å². The molecule has 0 aromatic heterocycles. The Labute approximate surface area is 204 Å². The van der Waals surface area contributed by atoms with Crippen molar-refractivity contribution in [3.63, 3.8) is 0 Å². The molecule has 6 atom stereocenters. The van der Waals surface area contributed by atoms with Gasteiger partial charge in [-0.25, -0.2) is 0 Å². The summed E-state index contributed by atoms with van der Waals surface area (Å²) >= 11 is 0. The fourth-order valence-corrected chi connectivity index (χ4v) is 4.06. The maximum absolute atomic E-state index is 11.8. The first kappa shape index (κ1) is 26.6. The molecule has 8 nitrogen and oxygen atoms in total. The van der Waals surface area contributed by atoms with E-state index in [1.807, 2.05) is 60.7 Å². The Balaban J connectivity index is 0.00000341. The zero-order valence-electron chi connectivity index (χ0n) is 17.7. The number of rotatable bonds is 9. The number of aliphatic hydroxyl groups excluding tert-OH is 2. The Morgan fingerprint density at radius 3 is 2.10 bits per heavy atom. The van der Waals surface area contributed by atoms with Crippen molar-refractivity contribution in [2.75, 3.05) is 13.3 Å². The number of hydrogen-bond donors (Lipinski definition) is 3. The molecule has 3 N–H and O–H groups in total. The summed E-state index contributed by atoms with van der Waals surface area (Å²) in [5, 5.41) is 23.4. The van der Waals surface area contributed by atoms with Crippen LogP contribution in [0.25, 0.3) is 0 Å². The Morgan fingerprint density at radius 1 is 1.00 bits per heavy atom. The molecule has 10 heteroatoms. The van der Waals surface area contributed by atoms with Gasteiger partial charge < -0.3 is 33.9 Å². The molecule has 164 valence electrons. The average Bonchev–Trinajstić information content (AvgIpc) is 2.73. The summed E-state index contributed by atoms with van der Waals surface area (Å²) in [5.41, 5.74) is 1.82. The second kappa shape index (κ2) is 12.6. The van der Waals surface area contributed by atoms with Crippen LogP contribution in [0.4, 0.5) is 0 Å². The molecule has 0 amide bonds. The van der Waals surface area contributed by atoms with Crippen LogP contribution >= 0.6 is 7.52 Å². The van der Waals surface area contributed by atoms with Gasteiger partial charge in [-0.1, -0.05) is 60.7 Å². The molecule has 2 aromatic carbocycles. The molecule has 31 heavy (non-hydrogen) atoms. The van der Waals surface area contributed by atoms with E-state index in [4.69, 9.17) is 14.2 Å². The number of ether oxygens (including phenoxy) is 3. The molecule has 1 fully saturated rings. The van der Waals surface area contributed by atoms with E-state index >= 15 is 0 Å². The standard InChI is InChI=1S/C21H28NO7P.Na/c1-30(25,26)22-18-20(24)19(23)17(14-27-12-15-8-4-2-5-9-15)29-21(18)28-13-16-10-6-3-7-11-16;/h2-11,17-21,23-24H,12-14H2,1H3,(H2,22,25,26);/q;+1/p-1/t17?,18-,19+,20?,21+;/m0./s1. The van der Waals surface area contributed by atoms with Gasteiger partial charge in [0.2, 0.25) is 0 Å². The van der Waals surface area contributed by atoms with Crippen LogP contribution in [0.1, 0.15) is 11.1 Å². The van der Waals surface area contributed by atoms with E-state index in [0.717, 1.165) is 17.8 Å². The molecular formula is C21H27NNaO7P. The van der Waals surface area contributed by atoms with Crippen molar-refractivity contribution >= 4 is 7.52 Å². The molecule has 0 radical (unpaired) electrons. The molecule has 1 aliphatic heterocycles. The van der Waals surface area contributed by atoms with Gasteiger partial charge in [-0.2, -0.15) is 0 Å². The minimum atomic E-state index is -3.97. The van der Waals surface area contributed by atoms with Crippen molar-refractivity contribution in [3.8, 4) is 0 Å². The first-order valence-corrected chi connectivity index (χ1v) is 11.8. The predicted molar refractivity (Wildman–Crippen MR) is 108 cm³/mol. The second-order valence-corrected chi connectivity index (χ2v) is 9.27. The number of benzene rings is 2. The van der Waals surface area contributed by atoms with Crippen LogP contribution in [0.5, 0.6) is 0 Å². The molecule has 0 spiro atoms. The van der Waals surface area contributed by atoms with Crippen molar-refractivity contribution in [2.24, 2.45) is 0 Å². The van der Waals surface area contributed by atoms with Gasteiger partial charge in [0, 0.05) is 0 Å². The quantitative estimate of drug-likeness (QED) is 0.291. The molecule has 0 aliphatic carbocycles. The first-order valence-electron chi connectivity index (χ1n) is 9.68. The van der Waals surface area contributed by atoms with E-state index in [9.17, 15) is 19.7 Å². The number of aliphatic hydroxyl groups is 2. The molecule has 3 unspecified atom stereocenters. The SMILES string of the molecule is CP(=O)([O-])N[C@H]1C(O)[C@H](O)C(COCc2ccccc2)O[C@H]1OCc1ccccc1.[Na+]. The van der Waals surface area contributed by atoms with Gasteiger partial charge in [-0.15, -0.1) is 0 Å². The molecule has 0 saturated carbocycles. The van der Waals surface area contributed by atoms with Gasteiger partial charge in [-0.05, 0) is 17.8 Å². The van der Waals surface area contributed by atoms with Crippen LogP contribution in [0.15, 0.2) is 60.7 Å². The third-order valence-electron chi connectivity index (χ3n) is 4.74. The molecular weight excluding hydrogens is 432 g/mol. The van der Waals surface area contributed by atoms with Crippen LogP contribution in [-0.4, -0.2) is 54.1 Å². The Bertz CT molecular complexity index is 823. The number of hydrogen-bond acceptors (Lipinski definition) is 7. The van der Waals surface area contributed by atoms with E-state index < -0.39 is 38.2 Å². The fraction of sp³-hybridized carbons (Fsp3) is 0.429. The molecule has 1 saturated heterocycles. The van der Waals surface area contributed by atoms with Crippen LogP contribution in [-0.2, 0) is 32.0 Å². The van der Waals surface area contributed by atoms with Gasteiger partial charge in [0.25, 0.3) is 0 Å². The van der Waals surface area contributed by atoms with E-state index in [2.05, 4.69) is 5.09 Å². The molecule has 1 aliphatic rings. The Hall–Kier alpha value is -0.610. The van der Waals surface area contributed by atoms with Crippen molar-refractivity contribution in [1.29, 1.82) is 0 Å². The summed E-state index contributed by atoms with van der Waals surface area (Å²) in [6.07, 6.45) is -4.75. The summed E-state index contributed by atoms with van der Waals surface area (Å²) in [6, 6.07) is 17.6. The average molecular weight is 459 g/mol. The predicted octanol–water partition coefficient (Wildman–Crippen LogP) is -1.99. The summed E-state index contributed by atoms with van der Waals surface area (Å²) < 4.78 is 29.0. The summed E-state index contributed by atoms with van der Waals surface area (Å²) in [6.45, 7) is 1.46. The van der Waals surface area contributed by atoms with Gasteiger partial charge in [0.1, 0.15) is 18.3 Å². The zero-order chi connectivity index (χ0) is 21.6. The van der Waals surface area contributed by atoms with E-state index in [-0.39, 0.29) is 42.8 Å². The largest absolute Gasteiger partial charge is 1.00 e. The molecule has 1 heterocycles. The molecule has 3 rings (SSSR count). The van der Waals surface area contributed by atoms with Crippen molar-refractivity contribution in [1.82, 2.24) is 5.09 Å². The van der Waals surface area contributed by atoms with E-state index in [1.165, 1.54) is 0 Å². The Morgan fingerprint density at radius 2 is 1.55 bits per heavy atom. The Kier molecular flexibility index (Phi) is 10.8. The normalized spacial score (nSPS) is 27.8. The maximum atomic E-state index is 11.8. The second-order valence-electron chi connectivity index (χ2n) is 7.32. The topological polar surface area (TPSA) is 120 Å². The van der Waals surface area contributed by atoms with Gasteiger partial charge >= 0.3 is 29.6 Å². The van der Waals surface area contributed by atoms with Crippen LogP contribution in [0.2, 0.25) is 0 Å². The molecule has 2 aromatic rings. The van der Waals surface area contributed by atoms with Crippen molar-refractivity contribution in [3.05, 3.63) is 71.8 Å². The molecule has 0 bridgehead atoms. The maximum Gasteiger partial charge on any atom is 1.00 e. The van der Waals surface area contributed by atoms with Crippen molar-refractivity contribution in [2.45, 2.75) is 43.9 Å². The number of nitrogens with one attached hydrogen (secondary N) is 1. The van der Waals surface area contributed by atoms with Crippen LogP contribution < -0.4 is 39.5 Å².